The minimum atomic E-state index is -4.30. The first-order chi connectivity index (χ1) is 6.42. The molecule has 1 aliphatic rings. The van der Waals surface area contributed by atoms with Crippen LogP contribution in [0.4, 0.5) is 13.2 Å². The molecule has 0 spiro atoms. The van der Waals surface area contributed by atoms with Crippen molar-refractivity contribution in [3.05, 3.63) is 35.4 Å². The van der Waals surface area contributed by atoms with Gasteiger partial charge in [0.2, 0.25) is 0 Å². The second-order valence-electron chi connectivity index (χ2n) is 3.61. The molecule has 2 rings (SSSR count). The zero-order valence-corrected chi connectivity index (χ0v) is 7.30. The summed E-state index contributed by atoms with van der Waals surface area (Å²) in [5.41, 5.74) is -0.958. The van der Waals surface area contributed by atoms with E-state index in [1.807, 2.05) is 0 Å². The van der Waals surface area contributed by atoms with E-state index in [9.17, 15) is 18.3 Å². The van der Waals surface area contributed by atoms with Gasteiger partial charge in [-0.05, 0) is 30.5 Å². The summed E-state index contributed by atoms with van der Waals surface area (Å²) >= 11 is 0. The van der Waals surface area contributed by atoms with Crippen LogP contribution in [0.15, 0.2) is 24.3 Å². The lowest BCUT2D eigenvalue weighted by atomic mass is 10.1. The molecule has 1 aromatic rings. The van der Waals surface area contributed by atoms with Gasteiger partial charge in [-0.3, -0.25) is 0 Å². The minimum Gasteiger partial charge on any atom is -0.385 e. The summed E-state index contributed by atoms with van der Waals surface area (Å²) in [7, 11) is 0. The van der Waals surface area contributed by atoms with Crippen molar-refractivity contribution in [1.29, 1.82) is 0 Å². The molecule has 14 heavy (non-hydrogen) atoms. The molecular weight excluding hydrogens is 193 g/mol. The molecular formula is C10H9F3O. The van der Waals surface area contributed by atoms with E-state index in [-0.39, 0.29) is 0 Å². The van der Waals surface area contributed by atoms with Gasteiger partial charge in [-0.25, -0.2) is 0 Å². The van der Waals surface area contributed by atoms with Crippen molar-refractivity contribution in [2.24, 2.45) is 0 Å². The lowest BCUT2D eigenvalue weighted by Crippen LogP contribution is -2.07. The smallest absolute Gasteiger partial charge is 0.385 e. The Labute approximate surface area is 79.2 Å². The van der Waals surface area contributed by atoms with Crippen LogP contribution in [0.1, 0.15) is 24.0 Å². The predicted molar refractivity (Wildman–Crippen MR) is 44.6 cm³/mol. The number of aliphatic hydroxyl groups is 1. The van der Waals surface area contributed by atoms with Gasteiger partial charge in [0.05, 0.1) is 11.2 Å². The zero-order valence-electron chi connectivity index (χ0n) is 7.30. The molecule has 1 saturated carbocycles. The first-order valence-corrected chi connectivity index (χ1v) is 4.32. The van der Waals surface area contributed by atoms with E-state index >= 15 is 0 Å². The van der Waals surface area contributed by atoms with E-state index in [0.717, 1.165) is 12.1 Å². The van der Waals surface area contributed by atoms with Gasteiger partial charge in [-0.2, -0.15) is 13.2 Å². The van der Waals surface area contributed by atoms with Crippen LogP contribution >= 0.6 is 0 Å². The SMILES string of the molecule is OC1(c2ccc(C(F)(F)F)cc2)CC1. The molecule has 0 unspecified atom stereocenters. The quantitative estimate of drug-likeness (QED) is 0.742. The highest BCUT2D eigenvalue weighted by Gasteiger charge is 2.42. The van der Waals surface area contributed by atoms with Gasteiger partial charge >= 0.3 is 6.18 Å². The largest absolute Gasteiger partial charge is 0.416 e. The Morgan fingerprint density at radius 1 is 1.07 bits per heavy atom. The van der Waals surface area contributed by atoms with Crippen LogP contribution in [0.25, 0.3) is 0 Å². The van der Waals surface area contributed by atoms with Crippen LogP contribution in [0.2, 0.25) is 0 Å². The van der Waals surface area contributed by atoms with Crippen LogP contribution in [-0.4, -0.2) is 5.11 Å². The van der Waals surface area contributed by atoms with Gasteiger partial charge in [0.15, 0.2) is 0 Å². The van der Waals surface area contributed by atoms with E-state index in [4.69, 9.17) is 0 Å². The molecule has 0 aliphatic heterocycles. The summed E-state index contributed by atoms with van der Waals surface area (Å²) in [5, 5.41) is 9.61. The molecule has 0 aromatic heterocycles. The molecule has 4 heteroatoms. The van der Waals surface area contributed by atoms with E-state index in [2.05, 4.69) is 0 Å². The Hall–Kier alpha value is -1.03. The summed E-state index contributed by atoms with van der Waals surface area (Å²) in [4.78, 5) is 0. The average molecular weight is 202 g/mol. The third-order valence-electron chi connectivity index (χ3n) is 2.47. The zero-order chi connectivity index (χ0) is 10.4. The van der Waals surface area contributed by atoms with Crippen LogP contribution in [0.5, 0.6) is 0 Å². The topological polar surface area (TPSA) is 20.2 Å². The molecule has 1 N–H and O–H groups in total. The van der Waals surface area contributed by atoms with Gasteiger partial charge in [-0.15, -0.1) is 0 Å². The number of hydrogen-bond acceptors (Lipinski definition) is 1. The van der Waals surface area contributed by atoms with Crippen LogP contribution in [0, 0.1) is 0 Å². The van der Waals surface area contributed by atoms with Gasteiger partial charge in [0.25, 0.3) is 0 Å². The van der Waals surface area contributed by atoms with E-state index < -0.39 is 17.3 Å². The fourth-order valence-electron chi connectivity index (χ4n) is 1.38. The maximum atomic E-state index is 12.2. The molecule has 0 amide bonds. The lowest BCUT2D eigenvalue weighted by molar-refractivity contribution is -0.137. The third-order valence-corrected chi connectivity index (χ3v) is 2.47. The minimum absolute atomic E-state index is 0.575. The average Bonchev–Trinajstić information content (AvgIpc) is 2.84. The van der Waals surface area contributed by atoms with Crippen molar-refractivity contribution in [3.63, 3.8) is 0 Å². The van der Waals surface area contributed by atoms with E-state index in [1.165, 1.54) is 12.1 Å². The summed E-state index contributed by atoms with van der Waals surface area (Å²) in [6.45, 7) is 0. The van der Waals surface area contributed by atoms with Crippen LogP contribution < -0.4 is 0 Å². The molecule has 0 saturated heterocycles. The van der Waals surface area contributed by atoms with Crippen LogP contribution in [0.3, 0.4) is 0 Å². The monoisotopic (exact) mass is 202 g/mol. The Kier molecular flexibility index (Phi) is 1.86. The Morgan fingerprint density at radius 3 is 1.93 bits per heavy atom. The molecule has 1 aromatic carbocycles. The first-order valence-electron chi connectivity index (χ1n) is 4.32. The van der Waals surface area contributed by atoms with Gasteiger partial charge < -0.3 is 5.11 Å². The summed E-state index contributed by atoms with van der Waals surface area (Å²) < 4.78 is 36.5. The van der Waals surface area contributed by atoms with Crippen molar-refractivity contribution in [3.8, 4) is 0 Å². The molecule has 0 atom stereocenters. The second-order valence-corrected chi connectivity index (χ2v) is 3.61. The van der Waals surface area contributed by atoms with Crippen molar-refractivity contribution in [1.82, 2.24) is 0 Å². The lowest BCUT2D eigenvalue weighted by Gasteiger charge is -2.10. The molecule has 76 valence electrons. The van der Waals surface area contributed by atoms with Gasteiger partial charge in [-0.1, -0.05) is 12.1 Å². The highest BCUT2D eigenvalue weighted by atomic mass is 19.4. The Morgan fingerprint density at radius 2 is 1.57 bits per heavy atom. The number of alkyl halides is 3. The van der Waals surface area contributed by atoms with Crippen molar-refractivity contribution < 1.29 is 18.3 Å². The van der Waals surface area contributed by atoms with Crippen molar-refractivity contribution in [2.75, 3.05) is 0 Å². The predicted octanol–water partition coefficient (Wildman–Crippen LogP) is 2.69. The van der Waals surface area contributed by atoms with Crippen molar-refractivity contribution >= 4 is 0 Å². The number of benzene rings is 1. The maximum Gasteiger partial charge on any atom is 0.416 e. The highest BCUT2D eigenvalue weighted by molar-refractivity contribution is 5.31. The third kappa shape index (κ3) is 1.62. The molecule has 0 radical (unpaired) electrons. The molecule has 1 fully saturated rings. The molecule has 0 bridgehead atoms. The second kappa shape index (κ2) is 2.73. The standard InChI is InChI=1S/C10H9F3O/c11-10(12,13)8-3-1-7(2-4-8)9(14)5-6-9/h1-4,14H,5-6H2. The maximum absolute atomic E-state index is 12.2. The summed E-state index contributed by atoms with van der Waals surface area (Å²) in [6, 6.07) is 4.70. The molecule has 1 aliphatic carbocycles. The first kappa shape index (κ1) is 9.52. The van der Waals surface area contributed by atoms with E-state index in [1.54, 1.807) is 0 Å². The fourth-order valence-corrected chi connectivity index (χ4v) is 1.38. The van der Waals surface area contributed by atoms with E-state index in [0.29, 0.717) is 18.4 Å². The molecule has 0 heterocycles. The Balaban J connectivity index is 2.27. The normalized spacial score (nSPS) is 19.4. The molecule has 1 nitrogen and oxygen atoms in total. The Bertz CT molecular complexity index is 311. The summed E-state index contributed by atoms with van der Waals surface area (Å²) in [5.74, 6) is 0. The van der Waals surface area contributed by atoms with Crippen LogP contribution in [-0.2, 0) is 11.8 Å². The van der Waals surface area contributed by atoms with Gasteiger partial charge in [0.1, 0.15) is 0 Å². The fraction of sp³-hybridized carbons (Fsp3) is 0.400. The van der Waals surface area contributed by atoms with Gasteiger partial charge in [0, 0.05) is 0 Å². The number of halogens is 3. The number of rotatable bonds is 1. The summed E-state index contributed by atoms with van der Waals surface area (Å²) in [6.07, 6.45) is -3.03. The van der Waals surface area contributed by atoms with Crippen molar-refractivity contribution in [2.45, 2.75) is 24.6 Å². The number of hydrogen-bond donors (Lipinski definition) is 1. The highest BCUT2D eigenvalue weighted by Crippen LogP contribution is 2.45.